The predicted molar refractivity (Wildman–Crippen MR) is 69.3 cm³/mol. The Bertz CT molecular complexity index is 630. The van der Waals surface area contributed by atoms with E-state index in [2.05, 4.69) is 21.2 Å². The molecule has 0 aromatic carbocycles. The van der Waals surface area contributed by atoms with E-state index in [4.69, 9.17) is 4.42 Å². The van der Waals surface area contributed by atoms with Crippen LogP contribution in [0.2, 0.25) is 0 Å². The average Bonchev–Trinajstić information content (AvgIpc) is 2.77. The average molecular weight is 311 g/mol. The van der Waals surface area contributed by atoms with Crippen molar-refractivity contribution in [3.05, 3.63) is 56.8 Å². The van der Waals surface area contributed by atoms with Gasteiger partial charge in [0.15, 0.2) is 10.4 Å². The number of amides is 1. The van der Waals surface area contributed by atoms with Crippen LogP contribution in [0.3, 0.4) is 0 Å². The molecule has 2 rings (SSSR count). The summed E-state index contributed by atoms with van der Waals surface area (Å²) in [6.45, 7) is 0.171. The zero-order chi connectivity index (χ0) is 13.1. The van der Waals surface area contributed by atoms with Gasteiger partial charge >= 0.3 is 0 Å². The summed E-state index contributed by atoms with van der Waals surface area (Å²) in [6, 6.07) is 6.63. The van der Waals surface area contributed by atoms with Gasteiger partial charge in [0.2, 0.25) is 0 Å². The van der Waals surface area contributed by atoms with Crippen molar-refractivity contribution >= 4 is 21.8 Å². The van der Waals surface area contributed by atoms with E-state index in [-0.39, 0.29) is 23.8 Å². The highest BCUT2D eigenvalue weighted by molar-refractivity contribution is 9.10. The minimum Gasteiger partial charge on any atom is -0.444 e. The van der Waals surface area contributed by atoms with Gasteiger partial charge in [0.05, 0.1) is 0 Å². The predicted octanol–water partition coefficient (Wildman–Crippen LogP) is 1.67. The fraction of sp³-hybridized carbons (Fsp3) is 0.167. The first-order chi connectivity index (χ1) is 8.58. The van der Waals surface area contributed by atoms with Crippen LogP contribution in [0, 0.1) is 0 Å². The van der Waals surface area contributed by atoms with Crippen molar-refractivity contribution < 1.29 is 9.21 Å². The van der Waals surface area contributed by atoms with E-state index in [0.29, 0.717) is 10.2 Å². The second-order valence-corrected chi connectivity index (χ2v) is 4.52. The van der Waals surface area contributed by atoms with Crippen molar-refractivity contribution in [1.29, 1.82) is 0 Å². The lowest BCUT2D eigenvalue weighted by atomic mass is 10.2. The highest BCUT2D eigenvalue weighted by Crippen LogP contribution is 2.13. The Morgan fingerprint density at radius 2 is 2.22 bits per heavy atom. The maximum absolute atomic E-state index is 11.7. The molecule has 18 heavy (non-hydrogen) atoms. The third-order valence-electron chi connectivity index (χ3n) is 2.44. The number of aryl methyl sites for hydroxylation is 1. The molecule has 0 atom stereocenters. The molecule has 2 aromatic heterocycles. The summed E-state index contributed by atoms with van der Waals surface area (Å²) in [5, 5.41) is 2.63. The lowest BCUT2D eigenvalue weighted by molar-refractivity contribution is 0.0921. The van der Waals surface area contributed by atoms with E-state index in [1.807, 2.05) is 0 Å². The lowest BCUT2D eigenvalue weighted by Gasteiger charge is -2.04. The first-order valence-corrected chi connectivity index (χ1v) is 6.05. The van der Waals surface area contributed by atoms with Gasteiger partial charge in [0.25, 0.3) is 11.5 Å². The van der Waals surface area contributed by atoms with Gasteiger partial charge in [-0.25, -0.2) is 0 Å². The monoisotopic (exact) mass is 310 g/mol. The Kier molecular flexibility index (Phi) is 3.66. The Labute approximate surface area is 112 Å². The zero-order valence-corrected chi connectivity index (χ0v) is 11.2. The Morgan fingerprint density at radius 3 is 2.89 bits per heavy atom. The summed E-state index contributed by atoms with van der Waals surface area (Å²) in [5.41, 5.74) is 0.400. The number of rotatable bonds is 3. The van der Waals surface area contributed by atoms with Gasteiger partial charge in [-0.15, -0.1) is 0 Å². The molecule has 6 heteroatoms. The molecule has 0 spiro atoms. The first kappa shape index (κ1) is 12.6. The molecular formula is C12H11BrN2O3. The van der Waals surface area contributed by atoms with Crippen LogP contribution in [0.5, 0.6) is 0 Å². The van der Waals surface area contributed by atoms with Crippen molar-refractivity contribution in [2.45, 2.75) is 6.54 Å². The Hall–Kier alpha value is -1.82. The number of furan rings is 1. The number of hydrogen-bond acceptors (Lipinski definition) is 3. The normalized spacial score (nSPS) is 10.3. The van der Waals surface area contributed by atoms with Crippen molar-refractivity contribution in [2.24, 2.45) is 7.05 Å². The largest absolute Gasteiger partial charge is 0.444 e. The maximum Gasteiger partial charge on any atom is 0.287 e. The SMILES string of the molecule is Cn1cccc(CNC(=O)c2ccc(Br)o2)c1=O. The molecule has 1 amide bonds. The van der Waals surface area contributed by atoms with E-state index in [9.17, 15) is 9.59 Å². The number of halogens is 1. The topological polar surface area (TPSA) is 64.2 Å². The molecular weight excluding hydrogens is 300 g/mol. The summed E-state index contributed by atoms with van der Waals surface area (Å²) in [5.74, 6) is -0.152. The molecule has 1 N–H and O–H groups in total. The Balaban J connectivity index is 2.06. The molecule has 2 aromatic rings. The molecule has 2 heterocycles. The van der Waals surface area contributed by atoms with Crippen LogP contribution in [-0.2, 0) is 13.6 Å². The molecule has 0 saturated carbocycles. The molecule has 0 radical (unpaired) electrons. The van der Waals surface area contributed by atoms with E-state index in [0.717, 1.165) is 0 Å². The van der Waals surface area contributed by atoms with E-state index >= 15 is 0 Å². The van der Waals surface area contributed by atoms with Gasteiger partial charge in [-0.2, -0.15) is 0 Å². The molecule has 0 fully saturated rings. The molecule has 0 saturated heterocycles. The van der Waals surface area contributed by atoms with Crippen LogP contribution >= 0.6 is 15.9 Å². The lowest BCUT2D eigenvalue weighted by Crippen LogP contribution is -2.28. The third kappa shape index (κ3) is 2.70. The standard InChI is InChI=1S/C12H11BrN2O3/c1-15-6-2-3-8(12(15)17)7-14-11(16)9-4-5-10(13)18-9/h2-6H,7H2,1H3,(H,14,16). The van der Waals surface area contributed by atoms with Gasteiger partial charge in [-0.3, -0.25) is 9.59 Å². The quantitative estimate of drug-likeness (QED) is 0.938. The maximum atomic E-state index is 11.7. The molecule has 0 bridgehead atoms. The molecule has 0 aliphatic carbocycles. The van der Waals surface area contributed by atoms with E-state index in [1.54, 1.807) is 37.5 Å². The van der Waals surface area contributed by atoms with Crippen LogP contribution in [0.15, 0.2) is 44.3 Å². The molecule has 94 valence electrons. The van der Waals surface area contributed by atoms with Crippen LogP contribution in [-0.4, -0.2) is 10.5 Å². The van der Waals surface area contributed by atoms with Gasteiger partial charge in [-0.1, -0.05) is 6.07 Å². The van der Waals surface area contributed by atoms with E-state index < -0.39 is 0 Å². The number of nitrogens with zero attached hydrogens (tertiary/aromatic N) is 1. The smallest absolute Gasteiger partial charge is 0.287 e. The fourth-order valence-electron chi connectivity index (χ4n) is 1.49. The van der Waals surface area contributed by atoms with Gasteiger partial charge in [-0.05, 0) is 34.1 Å². The second kappa shape index (κ2) is 5.22. The summed E-state index contributed by atoms with van der Waals surface area (Å²) in [6.07, 6.45) is 1.66. The summed E-state index contributed by atoms with van der Waals surface area (Å²) < 4.78 is 7.06. The molecule has 0 unspecified atom stereocenters. The van der Waals surface area contributed by atoms with Crippen molar-refractivity contribution in [2.75, 3.05) is 0 Å². The molecule has 5 nitrogen and oxygen atoms in total. The number of carbonyl (C=O) groups excluding carboxylic acids is 1. The summed E-state index contributed by atoms with van der Waals surface area (Å²) in [7, 11) is 1.66. The van der Waals surface area contributed by atoms with Crippen LogP contribution in [0.25, 0.3) is 0 Å². The molecule has 0 aliphatic rings. The van der Waals surface area contributed by atoms with Gasteiger partial charge < -0.3 is 14.3 Å². The van der Waals surface area contributed by atoms with E-state index in [1.165, 1.54) is 4.57 Å². The van der Waals surface area contributed by atoms with Gasteiger partial charge in [0.1, 0.15) is 0 Å². The number of nitrogens with one attached hydrogen (secondary N) is 1. The van der Waals surface area contributed by atoms with Crippen LogP contribution < -0.4 is 10.9 Å². The highest BCUT2D eigenvalue weighted by atomic mass is 79.9. The zero-order valence-electron chi connectivity index (χ0n) is 9.64. The number of pyridine rings is 1. The second-order valence-electron chi connectivity index (χ2n) is 3.74. The number of carbonyl (C=O) groups is 1. The summed E-state index contributed by atoms with van der Waals surface area (Å²) >= 11 is 3.12. The minimum atomic E-state index is -0.355. The van der Waals surface area contributed by atoms with Crippen molar-refractivity contribution in [1.82, 2.24) is 9.88 Å². The van der Waals surface area contributed by atoms with Gasteiger partial charge in [0, 0.05) is 25.4 Å². The van der Waals surface area contributed by atoms with Crippen molar-refractivity contribution in [3.8, 4) is 0 Å². The van der Waals surface area contributed by atoms with Crippen LogP contribution in [0.1, 0.15) is 16.1 Å². The number of aromatic nitrogens is 1. The van der Waals surface area contributed by atoms with Crippen LogP contribution in [0.4, 0.5) is 0 Å². The summed E-state index contributed by atoms with van der Waals surface area (Å²) in [4.78, 5) is 23.4. The minimum absolute atomic E-state index is 0.126. The highest BCUT2D eigenvalue weighted by Gasteiger charge is 2.10. The first-order valence-electron chi connectivity index (χ1n) is 5.26. The number of hydrogen-bond donors (Lipinski definition) is 1. The Morgan fingerprint density at radius 1 is 1.44 bits per heavy atom. The fourth-order valence-corrected chi connectivity index (χ4v) is 1.79. The molecule has 0 aliphatic heterocycles. The third-order valence-corrected chi connectivity index (χ3v) is 2.86. The van der Waals surface area contributed by atoms with Crippen molar-refractivity contribution in [3.63, 3.8) is 0 Å².